The Hall–Kier alpha value is -2.24. The van der Waals surface area contributed by atoms with Crippen LogP contribution in [-0.4, -0.2) is 17.7 Å². The highest BCUT2D eigenvalue weighted by Gasteiger charge is 2.45. The van der Waals surface area contributed by atoms with Gasteiger partial charge in [0.1, 0.15) is 18.0 Å². The summed E-state index contributed by atoms with van der Waals surface area (Å²) in [4.78, 5) is 4.53. The number of aromatic nitrogens is 1. The molecule has 0 spiro atoms. The predicted molar refractivity (Wildman–Crippen MR) is 107 cm³/mol. The van der Waals surface area contributed by atoms with Crippen LogP contribution < -0.4 is 4.74 Å². The van der Waals surface area contributed by atoms with Crippen molar-refractivity contribution in [3.8, 4) is 5.75 Å². The molecular formula is C21H21BClNO3. The van der Waals surface area contributed by atoms with E-state index in [0.29, 0.717) is 17.4 Å². The number of ether oxygens (including phenoxy) is 1. The average Bonchev–Trinajstić information content (AvgIpc) is 2.82. The Bertz CT molecular complexity index is 954. The quantitative estimate of drug-likeness (QED) is 0.670. The normalized spacial score (nSPS) is 19.6. The van der Waals surface area contributed by atoms with Gasteiger partial charge in [-0.05, 0) is 55.6 Å². The minimum Gasteiger partial charge on any atom is -0.534 e. The SMILES string of the molecule is C=C1OB(/C(CC)=C2/c3ccc(Cl)cc3OCc3ncccc32)OC1(C)C. The van der Waals surface area contributed by atoms with E-state index in [2.05, 4.69) is 24.6 Å². The van der Waals surface area contributed by atoms with Crippen molar-refractivity contribution < 1.29 is 14.0 Å². The van der Waals surface area contributed by atoms with Gasteiger partial charge in [-0.25, -0.2) is 0 Å². The molecule has 3 heterocycles. The van der Waals surface area contributed by atoms with E-state index in [1.54, 1.807) is 6.20 Å². The van der Waals surface area contributed by atoms with Gasteiger partial charge < -0.3 is 14.0 Å². The van der Waals surface area contributed by atoms with Crippen molar-refractivity contribution >= 4 is 24.3 Å². The van der Waals surface area contributed by atoms with Gasteiger partial charge in [-0.1, -0.05) is 31.2 Å². The number of pyridine rings is 1. The average molecular weight is 382 g/mol. The first-order valence-corrected chi connectivity index (χ1v) is 9.42. The summed E-state index contributed by atoms with van der Waals surface area (Å²) in [5.74, 6) is 1.36. The molecule has 1 aromatic heterocycles. The molecule has 2 aromatic rings. The molecule has 138 valence electrons. The van der Waals surface area contributed by atoms with Crippen molar-refractivity contribution in [3.63, 3.8) is 0 Å². The number of hydrogen-bond acceptors (Lipinski definition) is 4. The van der Waals surface area contributed by atoms with Gasteiger partial charge in [-0.15, -0.1) is 0 Å². The second-order valence-electron chi connectivity index (χ2n) is 7.18. The molecule has 0 radical (unpaired) electrons. The van der Waals surface area contributed by atoms with E-state index in [0.717, 1.165) is 40.0 Å². The van der Waals surface area contributed by atoms with Gasteiger partial charge in [0.2, 0.25) is 0 Å². The molecule has 0 atom stereocenters. The smallest absolute Gasteiger partial charge is 0.534 e. The third-order valence-corrected chi connectivity index (χ3v) is 5.28. The number of rotatable bonds is 2. The Morgan fingerprint density at radius 2 is 2.11 bits per heavy atom. The fourth-order valence-electron chi connectivity index (χ4n) is 3.47. The summed E-state index contributed by atoms with van der Waals surface area (Å²) in [5.41, 5.74) is 4.39. The largest absolute Gasteiger partial charge is 0.559 e. The topological polar surface area (TPSA) is 40.6 Å². The Kier molecular flexibility index (Phi) is 4.53. The zero-order valence-electron chi connectivity index (χ0n) is 15.7. The van der Waals surface area contributed by atoms with Gasteiger partial charge >= 0.3 is 7.12 Å². The first-order chi connectivity index (χ1) is 12.9. The second-order valence-corrected chi connectivity index (χ2v) is 7.62. The molecule has 0 aliphatic carbocycles. The molecule has 1 saturated heterocycles. The highest BCUT2D eigenvalue weighted by Crippen LogP contribution is 2.43. The number of hydrogen-bond donors (Lipinski definition) is 0. The molecular weight excluding hydrogens is 361 g/mol. The Balaban J connectivity index is 1.97. The number of benzene rings is 1. The maximum absolute atomic E-state index is 6.21. The number of halogens is 1. The van der Waals surface area contributed by atoms with E-state index < -0.39 is 12.7 Å². The van der Waals surface area contributed by atoms with Crippen molar-refractivity contribution in [3.05, 3.63) is 76.2 Å². The van der Waals surface area contributed by atoms with E-state index in [4.69, 9.17) is 25.6 Å². The first-order valence-electron chi connectivity index (χ1n) is 9.04. The third-order valence-electron chi connectivity index (χ3n) is 5.05. The van der Waals surface area contributed by atoms with Gasteiger partial charge in [0.25, 0.3) is 0 Å². The number of nitrogens with zero attached hydrogens (tertiary/aromatic N) is 1. The van der Waals surface area contributed by atoms with Crippen LogP contribution in [0.1, 0.15) is 44.0 Å². The molecule has 1 fully saturated rings. The molecule has 0 unspecified atom stereocenters. The molecule has 1 aromatic carbocycles. The summed E-state index contributed by atoms with van der Waals surface area (Å²) in [7, 11) is -0.498. The van der Waals surface area contributed by atoms with Gasteiger partial charge in [-0.2, -0.15) is 0 Å². The fraction of sp³-hybridized carbons (Fsp3) is 0.286. The lowest BCUT2D eigenvalue weighted by atomic mass is 9.70. The molecule has 0 N–H and O–H groups in total. The summed E-state index contributed by atoms with van der Waals surface area (Å²) in [6, 6.07) is 9.70. The van der Waals surface area contributed by atoms with Crippen molar-refractivity contribution in [1.29, 1.82) is 0 Å². The van der Waals surface area contributed by atoms with Crippen molar-refractivity contribution in [1.82, 2.24) is 4.98 Å². The Morgan fingerprint density at radius 3 is 2.81 bits per heavy atom. The maximum Gasteiger partial charge on any atom is 0.559 e. The lowest BCUT2D eigenvalue weighted by molar-refractivity contribution is 0.171. The summed E-state index contributed by atoms with van der Waals surface area (Å²) in [6.45, 7) is 10.4. The Labute approximate surface area is 165 Å². The van der Waals surface area contributed by atoms with Gasteiger partial charge in [0.05, 0.1) is 11.5 Å². The zero-order valence-corrected chi connectivity index (χ0v) is 16.5. The van der Waals surface area contributed by atoms with E-state index in [1.165, 1.54) is 0 Å². The number of allylic oxidation sites excluding steroid dienone is 1. The second kappa shape index (κ2) is 6.73. The van der Waals surface area contributed by atoms with Crippen LogP contribution in [0.5, 0.6) is 5.75 Å². The van der Waals surface area contributed by atoms with Crippen molar-refractivity contribution in [2.24, 2.45) is 0 Å². The highest BCUT2D eigenvalue weighted by atomic mass is 35.5. The van der Waals surface area contributed by atoms with Crippen LogP contribution in [0.3, 0.4) is 0 Å². The minimum atomic E-state index is -0.534. The van der Waals surface area contributed by atoms with Crippen LogP contribution in [0, 0.1) is 0 Å². The van der Waals surface area contributed by atoms with E-state index in [-0.39, 0.29) is 0 Å². The monoisotopic (exact) mass is 381 g/mol. The lowest BCUT2D eigenvalue weighted by Gasteiger charge is -2.18. The van der Waals surface area contributed by atoms with Gasteiger partial charge in [0.15, 0.2) is 0 Å². The van der Waals surface area contributed by atoms with E-state index in [1.807, 2.05) is 38.1 Å². The Morgan fingerprint density at radius 1 is 1.30 bits per heavy atom. The van der Waals surface area contributed by atoms with Crippen LogP contribution >= 0.6 is 11.6 Å². The number of fused-ring (bicyclic) bond motifs is 2. The molecule has 27 heavy (non-hydrogen) atoms. The molecule has 4 rings (SSSR count). The van der Waals surface area contributed by atoms with Crippen LogP contribution in [-0.2, 0) is 15.9 Å². The molecule has 0 amide bonds. The molecule has 0 bridgehead atoms. The predicted octanol–water partition coefficient (Wildman–Crippen LogP) is 5.21. The van der Waals surface area contributed by atoms with Crippen LogP contribution in [0.4, 0.5) is 0 Å². The maximum atomic E-state index is 6.21. The lowest BCUT2D eigenvalue weighted by Crippen LogP contribution is -2.26. The van der Waals surface area contributed by atoms with Crippen molar-refractivity contribution in [2.45, 2.75) is 39.4 Å². The zero-order chi connectivity index (χ0) is 19.2. The molecule has 2 aliphatic rings. The summed E-state index contributed by atoms with van der Waals surface area (Å²) < 4.78 is 18.2. The molecule has 2 aliphatic heterocycles. The van der Waals surface area contributed by atoms with Crippen LogP contribution in [0.25, 0.3) is 5.57 Å². The van der Waals surface area contributed by atoms with Gasteiger partial charge in [-0.3, -0.25) is 4.98 Å². The minimum absolute atomic E-state index is 0.384. The van der Waals surface area contributed by atoms with Crippen LogP contribution in [0.15, 0.2) is 54.3 Å². The first kappa shape index (κ1) is 18.1. The standard InChI is InChI=1S/C21H21BClNO3/c1-5-17(22-26-13(2)21(3,4)27-22)20-15-7-6-10-24-18(15)12-25-19-11-14(23)8-9-16(19)20/h6-11H,2,5,12H2,1,3-4H3/b20-17+. The van der Waals surface area contributed by atoms with E-state index in [9.17, 15) is 0 Å². The summed E-state index contributed by atoms with van der Waals surface area (Å²) in [6.07, 6.45) is 2.53. The molecule has 6 heteroatoms. The third kappa shape index (κ3) is 3.15. The molecule has 4 nitrogen and oxygen atoms in total. The summed E-state index contributed by atoms with van der Waals surface area (Å²) >= 11 is 6.21. The molecule has 0 saturated carbocycles. The fourth-order valence-corrected chi connectivity index (χ4v) is 3.63. The van der Waals surface area contributed by atoms with Crippen molar-refractivity contribution in [2.75, 3.05) is 0 Å². The van der Waals surface area contributed by atoms with Gasteiger partial charge in [0, 0.05) is 22.3 Å². The highest BCUT2D eigenvalue weighted by molar-refractivity contribution is 6.57. The van der Waals surface area contributed by atoms with E-state index >= 15 is 0 Å². The van der Waals surface area contributed by atoms with Crippen LogP contribution in [0.2, 0.25) is 5.02 Å². The summed E-state index contributed by atoms with van der Waals surface area (Å²) in [5, 5.41) is 0.632.